The van der Waals surface area contributed by atoms with Crippen LogP contribution in [0.15, 0.2) is 18.2 Å². The second kappa shape index (κ2) is 5.20. The van der Waals surface area contributed by atoms with Crippen LogP contribution in [-0.4, -0.2) is 18.9 Å². The fourth-order valence-electron chi connectivity index (χ4n) is 1.92. The summed E-state index contributed by atoms with van der Waals surface area (Å²) in [6.07, 6.45) is 3.54. The molecule has 4 heteroatoms. The minimum absolute atomic E-state index is 0.459. The maximum Gasteiger partial charge on any atom is 0.152 e. The summed E-state index contributed by atoms with van der Waals surface area (Å²) in [7, 11) is 0. The summed E-state index contributed by atoms with van der Waals surface area (Å²) >= 11 is 5.97. The maximum absolute atomic E-state index is 11.0. The highest BCUT2D eigenvalue weighted by molar-refractivity contribution is 6.31. The molecule has 0 radical (unpaired) electrons. The highest BCUT2D eigenvalue weighted by Crippen LogP contribution is 2.34. The molecule has 3 nitrogen and oxygen atoms in total. The van der Waals surface area contributed by atoms with Gasteiger partial charge in [0.1, 0.15) is 0 Å². The minimum atomic E-state index is 0.459. The second-order valence-corrected chi connectivity index (χ2v) is 4.59. The van der Waals surface area contributed by atoms with Crippen molar-refractivity contribution in [2.24, 2.45) is 0 Å². The van der Waals surface area contributed by atoms with Crippen molar-refractivity contribution in [3.05, 3.63) is 28.8 Å². The normalized spacial score (nSPS) is 14.1. The van der Waals surface area contributed by atoms with E-state index in [2.05, 4.69) is 11.0 Å². The molecular formula is C13H13ClN2O. The molecule has 0 bridgehead atoms. The summed E-state index contributed by atoms with van der Waals surface area (Å²) < 4.78 is 0. The van der Waals surface area contributed by atoms with Crippen molar-refractivity contribution >= 4 is 23.6 Å². The summed E-state index contributed by atoms with van der Waals surface area (Å²) in [6, 6.07) is 7.85. The lowest BCUT2D eigenvalue weighted by Crippen LogP contribution is -2.27. The fourth-order valence-corrected chi connectivity index (χ4v) is 2.09. The molecule has 1 fully saturated rings. The third kappa shape index (κ3) is 2.78. The highest BCUT2D eigenvalue weighted by Gasteiger charge is 2.30. The van der Waals surface area contributed by atoms with Crippen LogP contribution in [0.25, 0.3) is 0 Å². The van der Waals surface area contributed by atoms with Crippen LogP contribution in [0.3, 0.4) is 0 Å². The first kappa shape index (κ1) is 11.9. The molecule has 17 heavy (non-hydrogen) atoms. The van der Waals surface area contributed by atoms with Crippen molar-refractivity contribution in [1.82, 2.24) is 0 Å². The average molecular weight is 249 g/mol. The molecule has 0 N–H and O–H groups in total. The van der Waals surface area contributed by atoms with Crippen molar-refractivity contribution in [2.75, 3.05) is 11.4 Å². The van der Waals surface area contributed by atoms with Gasteiger partial charge in [-0.1, -0.05) is 11.6 Å². The summed E-state index contributed by atoms with van der Waals surface area (Å²) in [5.74, 6) is 0. The van der Waals surface area contributed by atoms with E-state index in [1.165, 1.54) is 0 Å². The van der Waals surface area contributed by atoms with Crippen molar-refractivity contribution in [3.8, 4) is 6.07 Å². The molecule has 1 saturated carbocycles. The van der Waals surface area contributed by atoms with Crippen LogP contribution in [0.5, 0.6) is 0 Å². The molecular weight excluding hydrogens is 236 g/mol. The van der Waals surface area contributed by atoms with E-state index in [0.717, 1.165) is 24.8 Å². The van der Waals surface area contributed by atoms with Gasteiger partial charge in [0.2, 0.25) is 0 Å². The average Bonchev–Trinajstić information content (AvgIpc) is 3.14. The first-order valence-electron chi connectivity index (χ1n) is 5.64. The maximum atomic E-state index is 11.0. The molecule has 0 aliphatic heterocycles. The number of carbonyl (C=O) groups excluding carboxylic acids is 1. The molecule has 1 aromatic carbocycles. The first-order valence-corrected chi connectivity index (χ1v) is 6.02. The summed E-state index contributed by atoms with van der Waals surface area (Å²) in [6.45, 7) is 0.655. The van der Waals surface area contributed by atoms with E-state index >= 15 is 0 Å². The van der Waals surface area contributed by atoms with Crippen LogP contribution in [0, 0.1) is 11.3 Å². The van der Waals surface area contributed by atoms with Gasteiger partial charge in [-0.3, -0.25) is 4.79 Å². The molecule has 1 aliphatic rings. The lowest BCUT2D eigenvalue weighted by atomic mass is 10.1. The number of rotatable bonds is 5. The number of nitriles is 1. The van der Waals surface area contributed by atoms with Crippen molar-refractivity contribution in [2.45, 2.75) is 25.3 Å². The summed E-state index contributed by atoms with van der Waals surface area (Å²) in [5.41, 5.74) is 1.49. The standard InChI is InChI=1S/C13H13ClN2O/c14-11-3-2-10(9-17)13(8-11)16(7-1-6-15)12-4-5-12/h2-3,8-9,12H,1,4-5,7H2. The molecule has 1 aromatic rings. The predicted octanol–water partition coefficient (Wildman–Crippen LogP) is 3.03. The number of anilines is 1. The van der Waals surface area contributed by atoms with Gasteiger partial charge < -0.3 is 4.90 Å². The lowest BCUT2D eigenvalue weighted by Gasteiger charge is -2.25. The van der Waals surface area contributed by atoms with Crippen molar-refractivity contribution < 1.29 is 4.79 Å². The zero-order chi connectivity index (χ0) is 12.3. The Bertz CT molecular complexity index is 463. The topological polar surface area (TPSA) is 44.1 Å². The van der Waals surface area contributed by atoms with Gasteiger partial charge in [-0.05, 0) is 31.0 Å². The number of nitrogens with zero attached hydrogens (tertiary/aromatic N) is 2. The molecule has 0 heterocycles. The molecule has 0 saturated heterocycles. The van der Waals surface area contributed by atoms with E-state index in [4.69, 9.17) is 16.9 Å². The van der Waals surface area contributed by atoms with Gasteiger partial charge >= 0.3 is 0 Å². The van der Waals surface area contributed by atoms with Crippen molar-refractivity contribution in [1.29, 1.82) is 5.26 Å². The molecule has 0 aromatic heterocycles. The van der Waals surface area contributed by atoms with E-state index in [0.29, 0.717) is 29.6 Å². The highest BCUT2D eigenvalue weighted by atomic mass is 35.5. The quantitative estimate of drug-likeness (QED) is 0.753. The largest absolute Gasteiger partial charge is 0.367 e. The van der Waals surface area contributed by atoms with Crippen LogP contribution in [0.1, 0.15) is 29.6 Å². The number of hydrogen-bond donors (Lipinski definition) is 0. The monoisotopic (exact) mass is 248 g/mol. The molecule has 1 aliphatic carbocycles. The summed E-state index contributed by atoms with van der Waals surface area (Å²) in [5, 5.41) is 9.29. The smallest absolute Gasteiger partial charge is 0.152 e. The third-order valence-electron chi connectivity index (χ3n) is 2.88. The van der Waals surface area contributed by atoms with Crippen LogP contribution < -0.4 is 4.90 Å². The Kier molecular flexibility index (Phi) is 3.65. The zero-order valence-corrected chi connectivity index (χ0v) is 10.2. The van der Waals surface area contributed by atoms with Crippen LogP contribution in [0.4, 0.5) is 5.69 Å². The SMILES string of the molecule is N#CCCN(c1cc(Cl)ccc1C=O)C1CC1. The Morgan fingerprint density at radius 1 is 1.53 bits per heavy atom. The molecule has 0 amide bonds. The fraction of sp³-hybridized carbons (Fsp3) is 0.385. The molecule has 0 spiro atoms. The van der Waals surface area contributed by atoms with E-state index in [1.54, 1.807) is 18.2 Å². The van der Waals surface area contributed by atoms with Gasteiger partial charge in [-0.25, -0.2) is 0 Å². The number of hydrogen-bond acceptors (Lipinski definition) is 3. The van der Waals surface area contributed by atoms with Gasteiger partial charge in [0, 0.05) is 28.9 Å². The lowest BCUT2D eigenvalue weighted by molar-refractivity contribution is 0.112. The molecule has 0 atom stereocenters. The van der Waals surface area contributed by atoms with Crippen LogP contribution >= 0.6 is 11.6 Å². The Labute approximate surface area is 106 Å². The van der Waals surface area contributed by atoms with Gasteiger partial charge in [0.05, 0.1) is 12.5 Å². The van der Waals surface area contributed by atoms with Crippen LogP contribution in [-0.2, 0) is 0 Å². The van der Waals surface area contributed by atoms with Gasteiger partial charge in [-0.2, -0.15) is 5.26 Å². The van der Waals surface area contributed by atoms with E-state index in [-0.39, 0.29) is 0 Å². The van der Waals surface area contributed by atoms with Crippen molar-refractivity contribution in [3.63, 3.8) is 0 Å². The van der Waals surface area contributed by atoms with E-state index in [1.807, 2.05) is 0 Å². The Morgan fingerprint density at radius 2 is 2.29 bits per heavy atom. The van der Waals surface area contributed by atoms with Gasteiger partial charge in [0.25, 0.3) is 0 Å². The number of aldehydes is 1. The Morgan fingerprint density at radius 3 is 2.88 bits per heavy atom. The summed E-state index contributed by atoms with van der Waals surface area (Å²) in [4.78, 5) is 13.1. The minimum Gasteiger partial charge on any atom is -0.367 e. The van der Waals surface area contributed by atoms with E-state index in [9.17, 15) is 4.79 Å². The molecule has 0 unspecified atom stereocenters. The number of carbonyl (C=O) groups is 1. The second-order valence-electron chi connectivity index (χ2n) is 4.15. The first-order chi connectivity index (χ1) is 8.26. The van der Waals surface area contributed by atoms with Crippen LogP contribution in [0.2, 0.25) is 5.02 Å². The Balaban J connectivity index is 2.30. The third-order valence-corrected chi connectivity index (χ3v) is 3.12. The molecule has 2 rings (SSSR count). The Hall–Kier alpha value is -1.53. The van der Waals surface area contributed by atoms with Gasteiger partial charge in [0.15, 0.2) is 6.29 Å². The molecule has 88 valence electrons. The predicted molar refractivity (Wildman–Crippen MR) is 67.4 cm³/mol. The number of benzene rings is 1. The van der Waals surface area contributed by atoms with Gasteiger partial charge in [-0.15, -0.1) is 0 Å². The number of halogens is 1. The van der Waals surface area contributed by atoms with E-state index < -0.39 is 0 Å². The zero-order valence-electron chi connectivity index (χ0n) is 9.40.